The van der Waals surface area contributed by atoms with E-state index >= 15 is 0 Å². The van der Waals surface area contributed by atoms with E-state index in [1.165, 1.54) is 24.9 Å². The Bertz CT molecular complexity index is 246. The van der Waals surface area contributed by atoms with Crippen molar-refractivity contribution in [2.45, 2.75) is 26.3 Å². The number of rotatable bonds is 1. The molecule has 0 aliphatic carbocycles. The summed E-state index contributed by atoms with van der Waals surface area (Å²) in [7, 11) is 2.19. The molecule has 1 fully saturated rings. The van der Waals surface area contributed by atoms with Gasteiger partial charge in [0.15, 0.2) is 0 Å². The SMILES string of the molecule is C.CN1CCCC1c1cccnc1. The molecule has 1 saturated heterocycles. The van der Waals surface area contributed by atoms with E-state index in [0.717, 1.165) is 0 Å². The first-order chi connectivity index (χ1) is 5.88. The average molecular weight is 178 g/mol. The molecule has 0 N–H and O–H groups in total. The molecule has 0 bridgehead atoms. The molecular formula is C11H18N2. The Morgan fingerprint density at radius 1 is 1.54 bits per heavy atom. The van der Waals surface area contributed by atoms with Crippen molar-refractivity contribution in [2.24, 2.45) is 0 Å². The molecule has 1 aromatic rings. The normalized spacial score (nSPS) is 22.7. The van der Waals surface area contributed by atoms with Crippen LogP contribution in [0.2, 0.25) is 0 Å². The van der Waals surface area contributed by atoms with Crippen LogP contribution in [-0.4, -0.2) is 23.5 Å². The van der Waals surface area contributed by atoms with Crippen molar-refractivity contribution in [1.29, 1.82) is 0 Å². The van der Waals surface area contributed by atoms with Gasteiger partial charge in [0.1, 0.15) is 0 Å². The van der Waals surface area contributed by atoms with Crippen molar-refractivity contribution in [3.05, 3.63) is 30.1 Å². The molecule has 2 heteroatoms. The summed E-state index contributed by atoms with van der Waals surface area (Å²) in [5.74, 6) is 0. The largest absolute Gasteiger partial charge is 0.299 e. The van der Waals surface area contributed by atoms with E-state index in [9.17, 15) is 0 Å². The standard InChI is InChI=1S/C10H14N2.CH4/c1-12-7-3-5-10(12)9-4-2-6-11-8-9;/h2,4,6,8,10H,3,5,7H2,1H3;1H4. The Kier molecular flexibility index (Phi) is 3.43. The van der Waals surface area contributed by atoms with Gasteiger partial charge in [0.05, 0.1) is 0 Å². The number of pyridine rings is 1. The molecule has 72 valence electrons. The third-order valence-corrected chi connectivity index (χ3v) is 2.59. The lowest BCUT2D eigenvalue weighted by molar-refractivity contribution is 0.317. The van der Waals surface area contributed by atoms with Crippen molar-refractivity contribution in [1.82, 2.24) is 9.88 Å². The molecular weight excluding hydrogens is 160 g/mol. The van der Waals surface area contributed by atoms with Crippen molar-refractivity contribution < 1.29 is 0 Å². The van der Waals surface area contributed by atoms with E-state index in [1.807, 2.05) is 18.5 Å². The number of aromatic nitrogens is 1. The summed E-state index contributed by atoms with van der Waals surface area (Å²) >= 11 is 0. The molecule has 1 atom stereocenters. The number of hydrogen-bond acceptors (Lipinski definition) is 2. The molecule has 0 radical (unpaired) electrons. The highest BCUT2D eigenvalue weighted by molar-refractivity contribution is 5.14. The first-order valence-electron chi connectivity index (χ1n) is 4.48. The summed E-state index contributed by atoms with van der Waals surface area (Å²) in [5.41, 5.74) is 1.36. The van der Waals surface area contributed by atoms with Crippen LogP contribution < -0.4 is 0 Å². The molecule has 0 amide bonds. The van der Waals surface area contributed by atoms with Crippen molar-refractivity contribution in [3.63, 3.8) is 0 Å². The third-order valence-electron chi connectivity index (χ3n) is 2.59. The Hall–Kier alpha value is -0.890. The highest BCUT2D eigenvalue weighted by atomic mass is 15.1. The van der Waals surface area contributed by atoms with Crippen LogP contribution in [0.3, 0.4) is 0 Å². The fourth-order valence-electron chi connectivity index (χ4n) is 1.90. The van der Waals surface area contributed by atoms with Crippen LogP contribution in [0.5, 0.6) is 0 Å². The zero-order chi connectivity index (χ0) is 8.39. The van der Waals surface area contributed by atoms with Gasteiger partial charge in [0, 0.05) is 18.4 Å². The van der Waals surface area contributed by atoms with Gasteiger partial charge in [-0.05, 0) is 38.1 Å². The Morgan fingerprint density at radius 2 is 2.38 bits per heavy atom. The fourth-order valence-corrected chi connectivity index (χ4v) is 1.90. The van der Waals surface area contributed by atoms with Gasteiger partial charge in [-0.3, -0.25) is 9.88 Å². The zero-order valence-corrected chi connectivity index (χ0v) is 7.40. The maximum Gasteiger partial charge on any atom is 0.0360 e. The molecule has 0 spiro atoms. The van der Waals surface area contributed by atoms with Crippen molar-refractivity contribution in [3.8, 4) is 0 Å². The van der Waals surface area contributed by atoms with Crippen LogP contribution in [0.25, 0.3) is 0 Å². The second kappa shape index (κ2) is 4.38. The number of hydrogen-bond donors (Lipinski definition) is 0. The molecule has 2 nitrogen and oxygen atoms in total. The van der Waals surface area contributed by atoms with E-state index in [0.29, 0.717) is 6.04 Å². The second-order valence-corrected chi connectivity index (χ2v) is 3.42. The van der Waals surface area contributed by atoms with Gasteiger partial charge in [-0.1, -0.05) is 13.5 Å². The predicted molar refractivity (Wildman–Crippen MR) is 55.6 cm³/mol. The van der Waals surface area contributed by atoms with Gasteiger partial charge < -0.3 is 0 Å². The minimum absolute atomic E-state index is 0. The minimum atomic E-state index is 0. The van der Waals surface area contributed by atoms with Gasteiger partial charge >= 0.3 is 0 Å². The van der Waals surface area contributed by atoms with E-state index in [1.54, 1.807) is 0 Å². The Labute approximate surface area is 80.6 Å². The minimum Gasteiger partial charge on any atom is -0.299 e. The van der Waals surface area contributed by atoms with Crippen molar-refractivity contribution in [2.75, 3.05) is 13.6 Å². The van der Waals surface area contributed by atoms with Crippen LogP contribution in [0, 0.1) is 0 Å². The fraction of sp³-hybridized carbons (Fsp3) is 0.545. The molecule has 1 aliphatic rings. The Balaban J connectivity index is 0.000000845. The van der Waals surface area contributed by atoms with E-state index in [-0.39, 0.29) is 7.43 Å². The Morgan fingerprint density at radius 3 is 2.92 bits per heavy atom. The quantitative estimate of drug-likeness (QED) is 0.656. The second-order valence-electron chi connectivity index (χ2n) is 3.42. The third kappa shape index (κ3) is 2.07. The van der Waals surface area contributed by atoms with Gasteiger partial charge in [-0.25, -0.2) is 0 Å². The molecule has 1 aromatic heterocycles. The summed E-state index contributed by atoms with van der Waals surface area (Å²) in [6.07, 6.45) is 6.41. The molecule has 0 saturated carbocycles. The first kappa shape index (κ1) is 10.2. The molecule has 2 rings (SSSR count). The van der Waals surface area contributed by atoms with Crippen LogP contribution in [0.15, 0.2) is 24.5 Å². The highest BCUT2D eigenvalue weighted by Crippen LogP contribution is 2.29. The first-order valence-corrected chi connectivity index (χ1v) is 4.48. The van der Waals surface area contributed by atoms with Gasteiger partial charge in [0.2, 0.25) is 0 Å². The summed E-state index contributed by atoms with van der Waals surface area (Å²) in [6, 6.07) is 4.79. The lowest BCUT2D eigenvalue weighted by Crippen LogP contribution is -2.17. The van der Waals surface area contributed by atoms with Crippen LogP contribution in [0.1, 0.15) is 31.9 Å². The molecule has 2 heterocycles. The van der Waals surface area contributed by atoms with Gasteiger partial charge in [-0.2, -0.15) is 0 Å². The summed E-state index contributed by atoms with van der Waals surface area (Å²) in [6.45, 7) is 1.22. The summed E-state index contributed by atoms with van der Waals surface area (Å²) in [4.78, 5) is 6.54. The van der Waals surface area contributed by atoms with Gasteiger partial charge in [-0.15, -0.1) is 0 Å². The highest BCUT2D eigenvalue weighted by Gasteiger charge is 2.21. The van der Waals surface area contributed by atoms with E-state index in [2.05, 4.69) is 23.0 Å². The maximum atomic E-state index is 4.14. The topological polar surface area (TPSA) is 16.1 Å². The van der Waals surface area contributed by atoms with E-state index in [4.69, 9.17) is 0 Å². The average Bonchev–Trinajstić information content (AvgIpc) is 2.53. The molecule has 0 aromatic carbocycles. The monoisotopic (exact) mass is 178 g/mol. The number of likely N-dealkylation sites (tertiary alicyclic amines) is 1. The maximum absolute atomic E-state index is 4.14. The van der Waals surface area contributed by atoms with Crippen LogP contribution in [0.4, 0.5) is 0 Å². The lowest BCUT2D eigenvalue weighted by atomic mass is 10.1. The van der Waals surface area contributed by atoms with Crippen LogP contribution in [-0.2, 0) is 0 Å². The molecule has 13 heavy (non-hydrogen) atoms. The summed E-state index contributed by atoms with van der Waals surface area (Å²) < 4.78 is 0. The smallest absolute Gasteiger partial charge is 0.0360 e. The molecule has 1 aliphatic heterocycles. The van der Waals surface area contributed by atoms with Crippen molar-refractivity contribution >= 4 is 0 Å². The zero-order valence-electron chi connectivity index (χ0n) is 7.40. The lowest BCUT2D eigenvalue weighted by Gasteiger charge is -2.18. The molecule has 1 unspecified atom stereocenters. The van der Waals surface area contributed by atoms with E-state index < -0.39 is 0 Å². The predicted octanol–water partition coefficient (Wildman–Crippen LogP) is 2.48. The van der Waals surface area contributed by atoms with Crippen LogP contribution >= 0.6 is 0 Å². The number of nitrogens with zero attached hydrogens (tertiary/aromatic N) is 2. The summed E-state index contributed by atoms with van der Waals surface area (Å²) in [5, 5.41) is 0. The van der Waals surface area contributed by atoms with Gasteiger partial charge in [0.25, 0.3) is 0 Å².